The lowest BCUT2D eigenvalue weighted by Crippen LogP contribution is -2.66. The van der Waals surface area contributed by atoms with Crippen LogP contribution in [-0.4, -0.2) is 16.3 Å². The molecular formula is C28H46O2. The maximum Gasteiger partial charge on any atom is 0.0915 e. The Balaban J connectivity index is 1.53. The summed E-state index contributed by atoms with van der Waals surface area (Å²) < 4.78 is 0. The van der Waals surface area contributed by atoms with E-state index in [1.165, 1.54) is 51.4 Å². The monoisotopic (exact) mass is 414 g/mol. The summed E-state index contributed by atoms with van der Waals surface area (Å²) in [5.74, 6) is 3.28. The minimum absolute atomic E-state index is 0.0193. The standard InChI is InChI=1S/C28H46O2/c1-18(29)28-13-7-8-20(28)19-9-10-22-25(4)14-12-23(30)24(2,3)21(25)11-15-27(22,6)26(19,5)16-17-28/h19-23,29-30H,1,7-17H2,2-6H3/t19-,20-,21+,22-,23+,25+,26-,27-,28-/m1/s1. The summed E-state index contributed by atoms with van der Waals surface area (Å²) in [6.07, 6.45) is 13.4. The van der Waals surface area contributed by atoms with Crippen molar-refractivity contribution >= 4 is 0 Å². The molecule has 9 atom stereocenters. The van der Waals surface area contributed by atoms with Gasteiger partial charge in [0.1, 0.15) is 0 Å². The first-order chi connectivity index (χ1) is 13.9. The Hall–Kier alpha value is -0.500. The van der Waals surface area contributed by atoms with E-state index in [0.717, 1.165) is 31.1 Å². The van der Waals surface area contributed by atoms with Gasteiger partial charge in [-0.3, -0.25) is 0 Å². The molecule has 5 saturated carbocycles. The van der Waals surface area contributed by atoms with Crippen LogP contribution in [0.5, 0.6) is 0 Å². The van der Waals surface area contributed by atoms with Gasteiger partial charge in [-0.2, -0.15) is 0 Å². The van der Waals surface area contributed by atoms with Gasteiger partial charge >= 0.3 is 0 Å². The second-order valence-electron chi connectivity index (χ2n) is 13.6. The van der Waals surface area contributed by atoms with Crippen molar-refractivity contribution in [3.05, 3.63) is 12.3 Å². The fourth-order valence-corrected chi connectivity index (χ4v) is 11.1. The quantitative estimate of drug-likeness (QED) is 0.443. The summed E-state index contributed by atoms with van der Waals surface area (Å²) in [7, 11) is 0. The summed E-state index contributed by atoms with van der Waals surface area (Å²) in [4.78, 5) is 0. The van der Waals surface area contributed by atoms with Gasteiger partial charge in [0.2, 0.25) is 0 Å². The van der Waals surface area contributed by atoms with Crippen LogP contribution in [-0.2, 0) is 0 Å². The van der Waals surface area contributed by atoms with Crippen LogP contribution in [0.15, 0.2) is 12.3 Å². The molecule has 5 aliphatic carbocycles. The summed E-state index contributed by atoms with van der Waals surface area (Å²) in [5, 5.41) is 21.5. The van der Waals surface area contributed by atoms with E-state index in [-0.39, 0.29) is 16.9 Å². The molecule has 2 N–H and O–H groups in total. The molecule has 0 aromatic rings. The Kier molecular flexibility index (Phi) is 4.48. The Morgan fingerprint density at radius 1 is 0.733 bits per heavy atom. The van der Waals surface area contributed by atoms with Crippen molar-refractivity contribution in [2.75, 3.05) is 0 Å². The fraction of sp³-hybridized carbons (Fsp3) is 0.929. The van der Waals surface area contributed by atoms with E-state index in [2.05, 4.69) is 41.2 Å². The fourth-order valence-electron chi connectivity index (χ4n) is 11.1. The molecule has 5 rings (SSSR count). The molecule has 2 nitrogen and oxygen atoms in total. The van der Waals surface area contributed by atoms with E-state index in [0.29, 0.717) is 33.8 Å². The Morgan fingerprint density at radius 3 is 2.17 bits per heavy atom. The summed E-state index contributed by atoms with van der Waals surface area (Å²) in [6.45, 7) is 16.7. The molecule has 0 heterocycles. The molecule has 0 bridgehead atoms. The topological polar surface area (TPSA) is 40.5 Å². The zero-order valence-electron chi connectivity index (χ0n) is 20.3. The molecule has 30 heavy (non-hydrogen) atoms. The van der Waals surface area contributed by atoms with Crippen LogP contribution in [0, 0.1) is 50.7 Å². The third-order valence-corrected chi connectivity index (χ3v) is 12.9. The SMILES string of the molecule is C=C(O)[C@]12CCC[C@@H]1[C@H]1CC[C@@H]3[C@@]4(C)CC[C@H](O)C(C)(C)[C@@H]4CC[C@@]3(C)[C@]1(C)CC2. The van der Waals surface area contributed by atoms with Crippen LogP contribution in [0.3, 0.4) is 0 Å². The predicted octanol–water partition coefficient (Wildman–Crippen LogP) is 7.27. The van der Waals surface area contributed by atoms with Gasteiger partial charge in [0.15, 0.2) is 0 Å². The van der Waals surface area contributed by atoms with Crippen molar-refractivity contribution in [2.24, 2.45) is 50.7 Å². The van der Waals surface area contributed by atoms with Crippen molar-refractivity contribution < 1.29 is 10.2 Å². The van der Waals surface area contributed by atoms with Crippen LogP contribution >= 0.6 is 0 Å². The molecule has 0 unspecified atom stereocenters. The normalized spacial score (nSPS) is 56.9. The van der Waals surface area contributed by atoms with Gasteiger partial charge in [0, 0.05) is 5.41 Å². The summed E-state index contributed by atoms with van der Waals surface area (Å²) in [6, 6.07) is 0. The van der Waals surface area contributed by atoms with E-state index in [1.807, 2.05) is 0 Å². The van der Waals surface area contributed by atoms with E-state index in [9.17, 15) is 10.2 Å². The van der Waals surface area contributed by atoms with Gasteiger partial charge in [-0.25, -0.2) is 0 Å². The first-order valence-corrected chi connectivity index (χ1v) is 13.0. The van der Waals surface area contributed by atoms with Crippen molar-refractivity contribution in [1.82, 2.24) is 0 Å². The number of fused-ring (bicyclic) bond motifs is 7. The molecule has 170 valence electrons. The smallest absolute Gasteiger partial charge is 0.0915 e. The molecule has 0 radical (unpaired) electrons. The lowest BCUT2D eigenvalue weighted by molar-refractivity contribution is -0.244. The number of aliphatic hydroxyl groups excluding tert-OH is 2. The molecule has 0 spiro atoms. The van der Waals surface area contributed by atoms with Crippen molar-refractivity contribution in [1.29, 1.82) is 0 Å². The van der Waals surface area contributed by atoms with Crippen LogP contribution in [0.25, 0.3) is 0 Å². The number of hydrogen-bond acceptors (Lipinski definition) is 2. The van der Waals surface area contributed by atoms with E-state index >= 15 is 0 Å². The highest BCUT2D eigenvalue weighted by Gasteiger charge is 2.70. The largest absolute Gasteiger partial charge is 0.512 e. The second kappa shape index (κ2) is 6.30. The van der Waals surface area contributed by atoms with Gasteiger partial charge in [-0.1, -0.05) is 47.6 Å². The van der Waals surface area contributed by atoms with Gasteiger partial charge < -0.3 is 10.2 Å². The van der Waals surface area contributed by atoms with E-state index in [4.69, 9.17) is 0 Å². The number of rotatable bonds is 1. The molecule has 0 amide bonds. The molecule has 0 aromatic heterocycles. The zero-order chi connectivity index (χ0) is 21.7. The average Bonchev–Trinajstić information content (AvgIpc) is 3.11. The van der Waals surface area contributed by atoms with E-state index < -0.39 is 0 Å². The van der Waals surface area contributed by atoms with Gasteiger partial charge in [0.05, 0.1) is 11.9 Å². The Bertz CT molecular complexity index is 741. The first kappa shape index (κ1) is 21.4. The summed E-state index contributed by atoms with van der Waals surface area (Å²) >= 11 is 0. The second-order valence-corrected chi connectivity index (χ2v) is 13.6. The minimum atomic E-state index is -0.142. The Labute approximate surface area is 184 Å². The predicted molar refractivity (Wildman–Crippen MR) is 123 cm³/mol. The van der Waals surface area contributed by atoms with Gasteiger partial charge in [-0.15, -0.1) is 0 Å². The van der Waals surface area contributed by atoms with Crippen LogP contribution in [0.4, 0.5) is 0 Å². The van der Waals surface area contributed by atoms with Crippen molar-refractivity contribution in [2.45, 2.75) is 111 Å². The molecule has 0 aromatic carbocycles. The van der Waals surface area contributed by atoms with Crippen molar-refractivity contribution in [3.63, 3.8) is 0 Å². The summed E-state index contributed by atoms with van der Waals surface area (Å²) in [5.41, 5.74) is 1.16. The highest BCUT2D eigenvalue weighted by atomic mass is 16.3. The third-order valence-electron chi connectivity index (χ3n) is 12.9. The van der Waals surface area contributed by atoms with Crippen LogP contribution < -0.4 is 0 Å². The highest BCUT2D eigenvalue weighted by molar-refractivity contribution is 5.21. The molecule has 0 aliphatic heterocycles. The Morgan fingerprint density at radius 2 is 1.47 bits per heavy atom. The lowest BCUT2D eigenvalue weighted by Gasteiger charge is -2.72. The van der Waals surface area contributed by atoms with Crippen molar-refractivity contribution in [3.8, 4) is 0 Å². The zero-order valence-corrected chi connectivity index (χ0v) is 20.3. The highest BCUT2D eigenvalue weighted by Crippen LogP contribution is 2.77. The molecule has 5 aliphatic rings. The van der Waals surface area contributed by atoms with Gasteiger partial charge in [-0.05, 0) is 110 Å². The van der Waals surface area contributed by atoms with Gasteiger partial charge in [0.25, 0.3) is 0 Å². The number of aliphatic hydroxyl groups is 2. The third kappa shape index (κ3) is 2.31. The molecule has 5 fully saturated rings. The maximum absolute atomic E-state index is 10.8. The van der Waals surface area contributed by atoms with E-state index in [1.54, 1.807) is 0 Å². The van der Waals surface area contributed by atoms with Crippen LogP contribution in [0.1, 0.15) is 105 Å². The molecule has 0 saturated heterocycles. The molecule has 2 heteroatoms. The lowest BCUT2D eigenvalue weighted by atomic mass is 9.32. The average molecular weight is 415 g/mol. The minimum Gasteiger partial charge on any atom is -0.512 e. The van der Waals surface area contributed by atoms with Crippen LogP contribution in [0.2, 0.25) is 0 Å². The first-order valence-electron chi connectivity index (χ1n) is 13.0. The number of allylic oxidation sites excluding steroid dienone is 1. The molecular weight excluding hydrogens is 368 g/mol. The number of hydrogen-bond donors (Lipinski definition) is 2. The maximum atomic E-state index is 10.8.